The van der Waals surface area contributed by atoms with E-state index in [0.29, 0.717) is 25.8 Å². The predicted molar refractivity (Wildman–Crippen MR) is 118 cm³/mol. The molecule has 2 aliphatic rings. The van der Waals surface area contributed by atoms with Crippen LogP contribution in [0, 0.1) is 17.6 Å². The highest BCUT2D eigenvalue weighted by Gasteiger charge is 2.36. The second-order valence-corrected chi connectivity index (χ2v) is 8.48. The molecule has 0 radical (unpaired) electrons. The molecule has 1 aromatic carbocycles. The van der Waals surface area contributed by atoms with Crippen molar-refractivity contribution in [2.75, 3.05) is 31.4 Å². The molecule has 4 rings (SSSR count). The molecular weight excluding hydrogens is 466 g/mol. The summed E-state index contributed by atoms with van der Waals surface area (Å²) >= 11 is 0. The van der Waals surface area contributed by atoms with E-state index in [-0.39, 0.29) is 24.7 Å². The molecule has 186 valence electrons. The molecule has 1 fully saturated rings. The number of halogens is 2. The average Bonchev–Trinajstić information content (AvgIpc) is 2.82. The first-order valence-electron chi connectivity index (χ1n) is 11.0. The minimum Gasteiger partial charge on any atom is -0.502 e. The third kappa shape index (κ3) is 4.87. The first-order valence-corrected chi connectivity index (χ1v) is 11.0. The van der Waals surface area contributed by atoms with Gasteiger partial charge >= 0.3 is 0 Å². The van der Waals surface area contributed by atoms with E-state index >= 15 is 0 Å². The predicted octanol–water partition coefficient (Wildman–Crippen LogP) is 1.09. The number of aromatic hydroxyl groups is 1. The van der Waals surface area contributed by atoms with Crippen LogP contribution in [0.4, 0.5) is 8.78 Å². The number of ether oxygens (including phenoxy) is 1. The van der Waals surface area contributed by atoms with Crippen molar-refractivity contribution in [1.29, 1.82) is 0 Å². The van der Waals surface area contributed by atoms with Crippen molar-refractivity contribution in [3.05, 3.63) is 63.1 Å². The molecule has 12 heteroatoms. The van der Waals surface area contributed by atoms with Crippen LogP contribution in [-0.4, -0.2) is 58.8 Å². The maximum atomic E-state index is 13.9. The van der Waals surface area contributed by atoms with Crippen molar-refractivity contribution in [2.24, 2.45) is 5.92 Å². The van der Waals surface area contributed by atoms with Gasteiger partial charge in [0.2, 0.25) is 11.3 Å². The number of nitrogens with zero attached hydrogens (tertiary/aromatic N) is 3. The van der Waals surface area contributed by atoms with Gasteiger partial charge in [0, 0.05) is 51.1 Å². The Balaban J connectivity index is 1.63. The lowest BCUT2D eigenvalue weighted by Gasteiger charge is -2.39. The highest BCUT2D eigenvalue weighted by Crippen LogP contribution is 2.24. The van der Waals surface area contributed by atoms with Crippen LogP contribution >= 0.6 is 0 Å². The fraction of sp³-hybridized carbons (Fsp3) is 0.391. The molecule has 35 heavy (non-hydrogen) atoms. The smallest absolute Gasteiger partial charge is 0.277 e. The first kappa shape index (κ1) is 24.3. The van der Waals surface area contributed by atoms with Gasteiger partial charge in [0.05, 0.1) is 0 Å². The number of carbonyl (C=O) groups excluding carboxylic acids is 3. The Kier molecular flexibility index (Phi) is 6.83. The maximum Gasteiger partial charge on any atom is 0.277 e. The van der Waals surface area contributed by atoms with Crippen LogP contribution in [0.3, 0.4) is 0 Å². The molecule has 0 aliphatic carbocycles. The van der Waals surface area contributed by atoms with Crippen LogP contribution in [0.1, 0.15) is 46.2 Å². The second kappa shape index (κ2) is 9.82. The highest BCUT2D eigenvalue weighted by molar-refractivity contribution is 6.01. The van der Waals surface area contributed by atoms with E-state index in [1.165, 1.54) is 11.8 Å². The molecule has 0 bridgehead atoms. The van der Waals surface area contributed by atoms with Crippen molar-refractivity contribution in [3.8, 4) is 5.75 Å². The average molecular weight is 490 g/mol. The molecule has 1 saturated heterocycles. The summed E-state index contributed by atoms with van der Waals surface area (Å²) in [5, 5.41) is 14.1. The van der Waals surface area contributed by atoms with E-state index in [9.17, 15) is 33.1 Å². The molecule has 0 spiro atoms. The molecule has 1 aromatic heterocycles. The molecule has 2 aromatic rings. The van der Waals surface area contributed by atoms with Crippen LogP contribution in [0.25, 0.3) is 0 Å². The van der Waals surface area contributed by atoms with Gasteiger partial charge in [-0.25, -0.2) is 18.5 Å². The number of amides is 3. The normalized spacial score (nSPS) is 16.3. The van der Waals surface area contributed by atoms with Crippen LogP contribution < -0.4 is 15.8 Å². The van der Waals surface area contributed by atoms with Gasteiger partial charge in [-0.15, -0.1) is 0 Å². The quantitative estimate of drug-likeness (QED) is 0.647. The van der Waals surface area contributed by atoms with E-state index in [1.54, 1.807) is 0 Å². The summed E-state index contributed by atoms with van der Waals surface area (Å²) in [6, 6.07) is 2.82. The number of aromatic nitrogens is 1. The SMILES string of the molecule is CC(=O)N1CN(CC2CCOCC2)C(=O)c2c(O)c(=O)c(C(=O)NCc3ccc(F)cc3F)cn21. The van der Waals surface area contributed by atoms with Crippen LogP contribution in [-0.2, 0) is 16.1 Å². The Morgan fingerprint density at radius 3 is 2.57 bits per heavy atom. The molecule has 3 heterocycles. The van der Waals surface area contributed by atoms with Gasteiger partial charge in [-0.05, 0) is 24.8 Å². The summed E-state index contributed by atoms with van der Waals surface area (Å²) in [6.45, 7) is 2.18. The van der Waals surface area contributed by atoms with Crippen molar-refractivity contribution >= 4 is 17.7 Å². The molecule has 2 N–H and O–H groups in total. The summed E-state index contributed by atoms with van der Waals surface area (Å²) in [7, 11) is 0. The van der Waals surface area contributed by atoms with Crippen molar-refractivity contribution in [3.63, 3.8) is 0 Å². The fourth-order valence-electron chi connectivity index (χ4n) is 4.15. The zero-order valence-electron chi connectivity index (χ0n) is 18.9. The van der Waals surface area contributed by atoms with Gasteiger partial charge in [0.15, 0.2) is 11.4 Å². The van der Waals surface area contributed by atoms with Crippen molar-refractivity contribution in [1.82, 2.24) is 14.9 Å². The van der Waals surface area contributed by atoms with E-state index in [0.717, 1.165) is 40.9 Å². The summed E-state index contributed by atoms with van der Waals surface area (Å²) in [6.07, 6.45) is 2.46. The minimum atomic E-state index is -1.11. The number of rotatable bonds is 5. The standard InChI is InChI=1S/C23H24F2N4O6/c1-13(30)29-12-27(10-14-4-6-35-7-5-14)23(34)19-21(32)20(31)17(11-28(19)29)22(33)26-9-15-2-3-16(24)8-18(15)25/h2-3,8,11,14,32H,4-7,9-10,12H2,1H3,(H,26,33). The Hall–Kier alpha value is -3.80. The van der Waals surface area contributed by atoms with Crippen LogP contribution in [0.2, 0.25) is 0 Å². The number of carbonyl (C=O) groups is 3. The van der Waals surface area contributed by atoms with Gasteiger partial charge in [-0.3, -0.25) is 19.2 Å². The summed E-state index contributed by atoms with van der Waals surface area (Å²) in [4.78, 5) is 52.4. The largest absolute Gasteiger partial charge is 0.502 e. The van der Waals surface area contributed by atoms with Crippen LogP contribution in [0.15, 0.2) is 29.2 Å². The Morgan fingerprint density at radius 2 is 1.91 bits per heavy atom. The molecule has 2 aliphatic heterocycles. The van der Waals surface area contributed by atoms with E-state index < -0.39 is 51.8 Å². The number of fused-ring (bicyclic) bond motifs is 1. The van der Waals surface area contributed by atoms with Gasteiger partial charge in [0.25, 0.3) is 11.8 Å². The number of pyridine rings is 1. The molecule has 0 saturated carbocycles. The summed E-state index contributed by atoms with van der Waals surface area (Å²) in [5.74, 6) is -4.60. The molecular formula is C23H24F2N4O6. The van der Waals surface area contributed by atoms with Crippen LogP contribution in [0.5, 0.6) is 5.75 Å². The molecule has 10 nitrogen and oxygen atoms in total. The summed E-state index contributed by atoms with van der Waals surface area (Å²) < 4.78 is 33.3. The monoisotopic (exact) mass is 490 g/mol. The number of nitrogens with one attached hydrogen (secondary N) is 1. The number of benzene rings is 1. The summed E-state index contributed by atoms with van der Waals surface area (Å²) in [5.41, 5.74) is -2.11. The van der Waals surface area contributed by atoms with Crippen molar-refractivity contribution < 1.29 is 33.0 Å². The lowest BCUT2D eigenvalue weighted by molar-refractivity contribution is -0.118. The number of hydrogen-bond donors (Lipinski definition) is 2. The Bertz CT molecular complexity index is 1240. The zero-order chi connectivity index (χ0) is 25.3. The molecule has 0 atom stereocenters. The van der Waals surface area contributed by atoms with Crippen molar-refractivity contribution in [2.45, 2.75) is 26.3 Å². The maximum absolute atomic E-state index is 13.9. The van der Waals surface area contributed by atoms with E-state index in [4.69, 9.17) is 4.74 Å². The zero-order valence-corrected chi connectivity index (χ0v) is 18.9. The van der Waals surface area contributed by atoms with E-state index in [2.05, 4.69) is 5.32 Å². The third-order valence-corrected chi connectivity index (χ3v) is 6.10. The third-order valence-electron chi connectivity index (χ3n) is 6.10. The lowest BCUT2D eigenvalue weighted by Crippen LogP contribution is -2.57. The highest BCUT2D eigenvalue weighted by atomic mass is 19.1. The van der Waals surface area contributed by atoms with E-state index in [1.807, 2.05) is 0 Å². The minimum absolute atomic E-state index is 0.0219. The number of hydrogen-bond acceptors (Lipinski definition) is 6. The molecule has 3 amide bonds. The Morgan fingerprint density at radius 1 is 1.20 bits per heavy atom. The second-order valence-electron chi connectivity index (χ2n) is 8.48. The lowest BCUT2D eigenvalue weighted by atomic mass is 9.99. The topological polar surface area (TPSA) is 121 Å². The first-order chi connectivity index (χ1) is 16.7. The van der Waals surface area contributed by atoms with Gasteiger partial charge in [0.1, 0.15) is 23.9 Å². The molecule has 0 unspecified atom stereocenters. The van der Waals surface area contributed by atoms with Gasteiger partial charge < -0.3 is 20.1 Å². The van der Waals surface area contributed by atoms with Gasteiger partial charge in [-0.2, -0.15) is 0 Å². The Labute approximate surface area is 198 Å². The fourth-order valence-corrected chi connectivity index (χ4v) is 4.15. The van der Waals surface area contributed by atoms with Gasteiger partial charge in [-0.1, -0.05) is 6.07 Å².